The fourth-order valence-electron chi connectivity index (χ4n) is 3.70. The maximum atomic E-state index is 12.5. The van der Waals surface area contributed by atoms with Crippen LogP contribution in [0.1, 0.15) is 36.8 Å². The SMILES string of the molecule is Cc1cc(C)cc(NC(N)=NCCN2C(=O)NC3(CCCC3)C2=O)c1. The van der Waals surface area contributed by atoms with Crippen molar-refractivity contribution in [2.45, 2.75) is 45.1 Å². The van der Waals surface area contributed by atoms with Crippen molar-refractivity contribution in [3.05, 3.63) is 29.3 Å². The van der Waals surface area contributed by atoms with Crippen molar-refractivity contribution in [3.8, 4) is 0 Å². The van der Waals surface area contributed by atoms with Crippen molar-refractivity contribution in [3.63, 3.8) is 0 Å². The number of aryl methyl sites for hydroxylation is 2. The first-order valence-electron chi connectivity index (χ1n) is 8.69. The minimum Gasteiger partial charge on any atom is -0.370 e. The van der Waals surface area contributed by atoms with Gasteiger partial charge in [-0.05, 0) is 49.9 Å². The number of guanidine groups is 1. The summed E-state index contributed by atoms with van der Waals surface area (Å²) in [6.45, 7) is 4.55. The van der Waals surface area contributed by atoms with E-state index >= 15 is 0 Å². The van der Waals surface area contributed by atoms with Gasteiger partial charge in [0, 0.05) is 5.69 Å². The van der Waals surface area contributed by atoms with Gasteiger partial charge in [0.05, 0.1) is 13.1 Å². The Morgan fingerprint density at radius 2 is 1.88 bits per heavy atom. The van der Waals surface area contributed by atoms with Crippen LogP contribution in [-0.4, -0.2) is 41.4 Å². The fourth-order valence-corrected chi connectivity index (χ4v) is 3.70. The van der Waals surface area contributed by atoms with E-state index in [2.05, 4.69) is 21.7 Å². The Bertz CT molecular complexity index is 702. The van der Waals surface area contributed by atoms with Gasteiger partial charge in [0.15, 0.2) is 5.96 Å². The molecule has 0 aromatic heterocycles. The summed E-state index contributed by atoms with van der Waals surface area (Å²) in [6.07, 6.45) is 3.41. The molecule has 4 N–H and O–H groups in total. The lowest BCUT2D eigenvalue weighted by Crippen LogP contribution is -2.44. The molecule has 134 valence electrons. The third kappa shape index (κ3) is 3.60. The lowest BCUT2D eigenvalue weighted by atomic mass is 9.98. The van der Waals surface area contributed by atoms with E-state index in [1.807, 2.05) is 26.0 Å². The predicted molar refractivity (Wildman–Crippen MR) is 97.5 cm³/mol. The first-order valence-corrected chi connectivity index (χ1v) is 8.69. The molecule has 1 aliphatic heterocycles. The average molecular weight is 343 g/mol. The van der Waals surface area contributed by atoms with Crippen LogP contribution in [0.4, 0.5) is 10.5 Å². The van der Waals surface area contributed by atoms with Crippen molar-refractivity contribution in [2.75, 3.05) is 18.4 Å². The molecule has 1 spiro atoms. The van der Waals surface area contributed by atoms with Gasteiger partial charge in [0.25, 0.3) is 5.91 Å². The molecule has 1 aliphatic carbocycles. The topological polar surface area (TPSA) is 99.8 Å². The minimum absolute atomic E-state index is 0.119. The number of anilines is 1. The molecule has 7 nitrogen and oxygen atoms in total. The number of benzene rings is 1. The van der Waals surface area contributed by atoms with Crippen LogP contribution in [0, 0.1) is 13.8 Å². The normalized spacial score (nSPS) is 19.6. The molecule has 7 heteroatoms. The number of amides is 3. The molecule has 1 saturated heterocycles. The average Bonchev–Trinajstić information content (AvgIpc) is 3.07. The Balaban J connectivity index is 1.57. The van der Waals surface area contributed by atoms with Crippen molar-refractivity contribution in [1.82, 2.24) is 10.2 Å². The van der Waals surface area contributed by atoms with Crippen LogP contribution in [0.25, 0.3) is 0 Å². The number of hydrogen-bond donors (Lipinski definition) is 3. The molecule has 1 heterocycles. The molecule has 25 heavy (non-hydrogen) atoms. The van der Waals surface area contributed by atoms with E-state index < -0.39 is 5.54 Å². The Hall–Kier alpha value is -2.57. The molecule has 0 unspecified atom stereocenters. The molecular weight excluding hydrogens is 318 g/mol. The van der Waals surface area contributed by atoms with Crippen molar-refractivity contribution < 1.29 is 9.59 Å². The highest BCUT2D eigenvalue weighted by molar-refractivity contribution is 6.07. The van der Waals surface area contributed by atoms with Gasteiger partial charge in [-0.2, -0.15) is 0 Å². The standard InChI is InChI=1S/C18H25N5O2/c1-12-9-13(2)11-14(10-12)21-16(19)20-7-8-23-15(24)18(22-17(23)25)5-3-4-6-18/h9-11H,3-8H2,1-2H3,(H,22,25)(H3,19,20,21). The van der Waals surface area contributed by atoms with E-state index in [9.17, 15) is 9.59 Å². The van der Waals surface area contributed by atoms with Crippen molar-refractivity contribution in [2.24, 2.45) is 10.7 Å². The number of rotatable bonds is 4. The van der Waals surface area contributed by atoms with Crippen LogP contribution in [0.15, 0.2) is 23.2 Å². The molecule has 0 bridgehead atoms. The van der Waals surface area contributed by atoms with E-state index in [-0.39, 0.29) is 31.0 Å². The summed E-state index contributed by atoms with van der Waals surface area (Å²) < 4.78 is 0. The molecule has 1 aromatic carbocycles. The van der Waals surface area contributed by atoms with E-state index in [0.717, 1.165) is 42.5 Å². The van der Waals surface area contributed by atoms with Crippen LogP contribution >= 0.6 is 0 Å². The minimum atomic E-state index is -0.663. The van der Waals surface area contributed by atoms with Gasteiger partial charge in [0.2, 0.25) is 0 Å². The summed E-state index contributed by atoms with van der Waals surface area (Å²) in [4.78, 5) is 30.1. The highest BCUT2D eigenvalue weighted by Gasteiger charge is 2.52. The maximum Gasteiger partial charge on any atom is 0.325 e. The van der Waals surface area contributed by atoms with Crippen molar-refractivity contribution >= 4 is 23.6 Å². The molecule has 0 radical (unpaired) electrons. The first-order chi connectivity index (χ1) is 11.9. The zero-order valence-electron chi connectivity index (χ0n) is 14.8. The van der Waals surface area contributed by atoms with Gasteiger partial charge in [0.1, 0.15) is 5.54 Å². The lowest BCUT2D eigenvalue weighted by Gasteiger charge is -2.19. The monoisotopic (exact) mass is 343 g/mol. The van der Waals surface area contributed by atoms with Crippen LogP contribution in [0.5, 0.6) is 0 Å². The zero-order valence-corrected chi connectivity index (χ0v) is 14.8. The number of imide groups is 1. The van der Waals surface area contributed by atoms with Crippen LogP contribution < -0.4 is 16.4 Å². The largest absolute Gasteiger partial charge is 0.370 e. The summed E-state index contributed by atoms with van der Waals surface area (Å²) in [7, 11) is 0. The van der Waals surface area contributed by atoms with Crippen molar-refractivity contribution in [1.29, 1.82) is 0 Å². The highest BCUT2D eigenvalue weighted by Crippen LogP contribution is 2.34. The molecule has 0 atom stereocenters. The third-order valence-electron chi connectivity index (χ3n) is 4.80. The van der Waals surface area contributed by atoms with E-state index in [4.69, 9.17) is 5.73 Å². The van der Waals surface area contributed by atoms with Gasteiger partial charge >= 0.3 is 6.03 Å². The molecule has 3 amide bonds. The number of carbonyl (C=O) groups is 2. The molecular formula is C18H25N5O2. The Morgan fingerprint density at radius 1 is 1.24 bits per heavy atom. The number of nitrogens with one attached hydrogen (secondary N) is 2. The molecule has 2 fully saturated rings. The lowest BCUT2D eigenvalue weighted by molar-refractivity contribution is -0.131. The summed E-state index contributed by atoms with van der Waals surface area (Å²) >= 11 is 0. The Labute approximate surface area is 147 Å². The number of nitrogens with zero attached hydrogens (tertiary/aromatic N) is 2. The summed E-state index contributed by atoms with van der Waals surface area (Å²) in [5.41, 5.74) is 8.39. The van der Waals surface area contributed by atoms with Gasteiger partial charge in [-0.3, -0.25) is 14.7 Å². The maximum absolute atomic E-state index is 12.5. The smallest absolute Gasteiger partial charge is 0.325 e. The third-order valence-corrected chi connectivity index (χ3v) is 4.80. The van der Waals surface area contributed by atoms with E-state index in [1.165, 1.54) is 4.90 Å². The van der Waals surface area contributed by atoms with Gasteiger partial charge in [-0.1, -0.05) is 18.9 Å². The molecule has 1 saturated carbocycles. The number of urea groups is 1. The second kappa shape index (κ2) is 6.74. The van der Waals surface area contributed by atoms with Gasteiger partial charge in [-0.25, -0.2) is 4.79 Å². The quantitative estimate of drug-likeness (QED) is 0.441. The first kappa shape index (κ1) is 17.3. The number of aliphatic imine (C=N–C) groups is 1. The summed E-state index contributed by atoms with van der Waals surface area (Å²) in [5.74, 6) is 0.152. The Morgan fingerprint density at radius 3 is 2.52 bits per heavy atom. The van der Waals surface area contributed by atoms with E-state index in [0.29, 0.717) is 0 Å². The Kier molecular flexibility index (Phi) is 4.65. The second-order valence-corrected chi connectivity index (χ2v) is 6.94. The molecule has 1 aromatic rings. The van der Waals surface area contributed by atoms with Crippen LogP contribution in [0.2, 0.25) is 0 Å². The number of carbonyl (C=O) groups excluding carboxylic acids is 2. The zero-order chi connectivity index (χ0) is 18.0. The molecule has 3 rings (SSSR count). The second-order valence-electron chi connectivity index (χ2n) is 6.94. The number of hydrogen-bond acceptors (Lipinski definition) is 3. The van der Waals surface area contributed by atoms with Crippen LogP contribution in [-0.2, 0) is 4.79 Å². The fraction of sp³-hybridized carbons (Fsp3) is 0.500. The predicted octanol–water partition coefficient (Wildman–Crippen LogP) is 1.89. The summed E-state index contributed by atoms with van der Waals surface area (Å²) in [6, 6.07) is 5.73. The van der Waals surface area contributed by atoms with Crippen LogP contribution in [0.3, 0.4) is 0 Å². The summed E-state index contributed by atoms with van der Waals surface area (Å²) in [5, 5.41) is 5.91. The van der Waals surface area contributed by atoms with Gasteiger partial charge in [-0.15, -0.1) is 0 Å². The van der Waals surface area contributed by atoms with Gasteiger partial charge < -0.3 is 16.4 Å². The van der Waals surface area contributed by atoms with E-state index in [1.54, 1.807) is 0 Å². The highest BCUT2D eigenvalue weighted by atomic mass is 16.2. The molecule has 2 aliphatic rings. The number of nitrogens with two attached hydrogens (primary N) is 1.